The van der Waals surface area contributed by atoms with Gasteiger partial charge in [-0.2, -0.15) is 0 Å². The number of nitrogens with one attached hydrogen (secondary N) is 1. The Morgan fingerprint density at radius 2 is 1.91 bits per heavy atom. The first-order valence-electron chi connectivity index (χ1n) is 9.61. The van der Waals surface area contributed by atoms with Crippen LogP contribution in [0.3, 0.4) is 0 Å². The Balaban J connectivity index is 2.04. The molecule has 1 saturated heterocycles. The SMILES string of the molecule is C=CCOc1c(Br)cc(/C=C2/C(=O)NC(=O)N(c3ccc(C)c(Cl)c3)C2=O)cc1CC=C. The van der Waals surface area contributed by atoms with Crippen molar-refractivity contribution in [1.82, 2.24) is 5.32 Å². The van der Waals surface area contributed by atoms with Crippen molar-refractivity contribution in [3.63, 3.8) is 0 Å². The second kappa shape index (κ2) is 9.97. The lowest BCUT2D eigenvalue weighted by Gasteiger charge is -2.26. The maximum absolute atomic E-state index is 13.1. The van der Waals surface area contributed by atoms with Crippen LogP contribution in [0.25, 0.3) is 6.08 Å². The second-order valence-electron chi connectivity index (χ2n) is 6.97. The Kier molecular flexibility index (Phi) is 7.33. The topological polar surface area (TPSA) is 75.7 Å². The summed E-state index contributed by atoms with van der Waals surface area (Å²) >= 11 is 9.63. The number of amides is 4. The van der Waals surface area contributed by atoms with Crippen molar-refractivity contribution in [2.45, 2.75) is 13.3 Å². The first-order valence-corrected chi connectivity index (χ1v) is 10.8. The van der Waals surface area contributed by atoms with Crippen LogP contribution in [0, 0.1) is 6.92 Å². The number of rotatable bonds is 7. The van der Waals surface area contributed by atoms with Crippen LogP contribution in [0.15, 0.2) is 65.7 Å². The number of ether oxygens (including phenoxy) is 1. The molecule has 0 unspecified atom stereocenters. The monoisotopic (exact) mass is 514 g/mol. The molecule has 0 aliphatic carbocycles. The van der Waals surface area contributed by atoms with Gasteiger partial charge in [-0.25, -0.2) is 9.69 Å². The van der Waals surface area contributed by atoms with Crippen LogP contribution in [0.1, 0.15) is 16.7 Å². The lowest BCUT2D eigenvalue weighted by atomic mass is 10.0. The first kappa shape index (κ1) is 23.5. The number of carbonyl (C=O) groups excluding carboxylic acids is 3. The summed E-state index contributed by atoms with van der Waals surface area (Å²) in [4.78, 5) is 38.9. The number of hydrogen-bond donors (Lipinski definition) is 1. The average molecular weight is 516 g/mol. The number of hydrogen-bond acceptors (Lipinski definition) is 4. The smallest absolute Gasteiger partial charge is 0.335 e. The highest BCUT2D eigenvalue weighted by molar-refractivity contribution is 9.10. The summed E-state index contributed by atoms with van der Waals surface area (Å²) in [6, 6.07) is 7.48. The normalized spacial score (nSPS) is 15.0. The summed E-state index contributed by atoms with van der Waals surface area (Å²) in [5, 5.41) is 2.61. The standard InChI is InChI=1S/C24H20BrClN2O4/c1-4-6-16-10-15(12-19(25)21(16)32-9-5-2)11-18-22(29)27-24(31)28(23(18)30)17-8-7-14(3)20(26)13-17/h4-5,7-8,10-13H,1-2,6,9H2,3H3,(H,27,29,31)/b18-11-. The van der Waals surface area contributed by atoms with Gasteiger partial charge in [-0.1, -0.05) is 36.4 Å². The van der Waals surface area contributed by atoms with E-state index >= 15 is 0 Å². The number of imide groups is 2. The largest absolute Gasteiger partial charge is 0.488 e. The van der Waals surface area contributed by atoms with Crippen LogP contribution in [0.2, 0.25) is 5.02 Å². The number of anilines is 1. The van der Waals surface area contributed by atoms with Crippen molar-refractivity contribution in [2.75, 3.05) is 11.5 Å². The zero-order valence-electron chi connectivity index (χ0n) is 17.3. The van der Waals surface area contributed by atoms with Gasteiger partial charge in [0.15, 0.2) is 0 Å². The molecule has 32 heavy (non-hydrogen) atoms. The molecule has 1 aliphatic heterocycles. The van der Waals surface area contributed by atoms with Gasteiger partial charge in [0.2, 0.25) is 0 Å². The third kappa shape index (κ3) is 4.84. The molecule has 0 radical (unpaired) electrons. The summed E-state index contributed by atoms with van der Waals surface area (Å²) < 4.78 is 6.37. The minimum absolute atomic E-state index is 0.183. The van der Waals surface area contributed by atoms with Crippen molar-refractivity contribution in [3.05, 3.63) is 87.4 Å². The number of nitrogens with zero attached hydrogens (tertiary/aromatic N) is 1. The van der Waals surface area contributed by atoms with Crippen LogP contribution < -0.4 is 15.0 Å². The van der Waals surface area contributed by atoms with E-state index in [1.54, 1.807) is 43.3 Å². The molecule has 0 bridgehead atoms. The van der Waals surface area contributed by atoms with Gasteiger partial charge in [-0.05, 0) is 76.3 Å². The summed E-state index contributed by atoms with van der Waals surface area (Å²) in [7, 11) is 0. The van der Waals surface area contributed by atoms with Crippen LogP contribution in [-0.2, 0) is 16.0 Å². The number of carbonyl (C=O) groups is 3. The highest BCUT2D eigenvalue weighted by Gasteiger charge is 2.37. The molecule has 1 N–H and O–H groups in total. The summed E-state index contributed by atoms with van der Waals surface area (Å²) in [6.07, 6.45) is 5.30. The number of halogens is 2. The molecule has 1 heterocycles. The fraction of sp³-hybridized carbons (Fsp3) is 0.125. The van der Waals surface area contributed by atoms with Crippen LogP contribution >= 0.6 is 27.5 Å². The van der Waals surface area contributed by atoms with E-state index in [-0.39, 0.29) is 11.3 Å². The summed E-state index contributed by atoms with van der Waals surface area (Å²) in [5.74, 6) is -0.896. The Bertz CT molecular complexity index is 1170. The number of urea groups is 1. The van der Waals surface area contributed by atoms with E-state index in [2.05, 4.69) is 34.4 Å². The van der Waals surface area contributed by atoms with Gasteiger partial charge in [0.25, 0.3) is 11.8 Å². The Hall–Kier alpha value is -3.16. The fourth-order valence-corrected chi connectivity index (χ4v) is 3.96. The molecule has 164 valence electrons. The average Bonchev–Trinajstić information content (AvgIpc) is 2.73. The van der Waals surface area contributed by atoms with Gasteiger partial charge in [-0.15, -0.1) is 6.58 Å². The van der Waals surface area contributed by atoms with E-state index in [1.807, 2.05) is 0 Å². The number of aryl methyl sites for hydroxylation is 1. The molecule has 0 atom stereocenters. The zero-order chi connectivity index (χ0) is 23.4. The molecule has 0 saturated carbocycles. The molecule has 2 aromatic carbocycles. The van der Waals surface area contributed by atoms with Crippen LogP contribution in [0.4, 0.5) is 10.5 Å². The van der Waals surface area contributed by atoms with E-state index in [9.17, 15) is 14.4 Å². The maximum atomic E-state index is 13.1. The van der Waals surface area contributed by atoms with Gasteiger partial charge in [0.05, 0.1) is 10.2 Å². The molecule has 6 nitrogen and oxygen atoms in total. The lowest BCUT2D eigenvalue weighted by Crippen LogP contribution is -2.54. The molecule has 1 fully saturated rings. The number of allylic oxidation sites excluding steroid dienone is 1. The van der Waals surface area contributed by atoms with E-state index in [1.165, 1.54) is 12.1 Å². The molecule has 2 aromatic rings. The highest BCUT2D eigenvalue weighted by Crippen LogP contribution is 2.33. The third-order valence-electron chi connectivity index (χ3n) is 4.68. The minimum atomic E-state index is -0.834. The molecule has 4 amide bonds. The maximum Gasteiger partial charge on any atom is 0.335 e. The first-order chi connectivity index (χ1) is 15.3. The number of barbiturate groups is 1. The predicted molar refractivity (Wildman–Crippen MR) is 129 cm³/mol. The van der Waals surface area contributed by atoms with E-state index in [0.717, 1.165) is 16.0 Å². The molecule has 0 spiro atoms. The second-order valence-corrected chi connectivity index (χ2v) is 8.24. The van der Waals surface area contributed by atoms with E-state index in [0.29, 0.717) is 33.8 Å². The predicted octanol–water partition coefficient (Wildman–Crippen LogP) is 5.37. The summed E-state index contributed by atoms with van der Waals surface area (Å²) in [5.41, 5.74) is 2.27. The van der Waals surface area contributed by atoms with Crippen molar-refractivity contribution in [1.29, 1.82) is 0 Å². The lowest BCUT2D eigenvalue weighted by molar-refractivity contribution is -0.122. The van der Waals surface area contributed by atoms with Crippen molar-refractivity contribution in [2.24, 2.45) is 0 Å². The van der Waals surface area contributed by atoms with Gasteiger partial charge in [-0.3, -0.25) is 14.9 Å². The Morgan fingerprint density at radius 3 is 2.56 bits per heavy atom. The molecule has 1 aliphatic rings. The third-order valence-corrected chi connectivity index (χ3v) is 5.68. The summed E-state index contributed by atoms with van der Waals surface area (Å²) in [6.45, 7) is 9.54. The van der Waals surface area contributed by atoms with Gasteiger partial charge >= 0.3 is 6.03 Å². The van der Waals surface area contributed by atoms with Gasteiger partial charge < -0.3 is 4.74 Å². The van der Waals surface area contributed by atoms with E-state index < -0.39 is 17.8 Å². The van der Waals surface area contributed by atoms with Crippen molar-refractivity contribution in [3.8, 4) is 5.75 Å². The molecule has 3 rings (SSSR count). The molecular formula is C24H20BrClN2O4. The van der Waals surface area contributed by atoms with Crippen LogP contribution in [0.5, 0.6) is 5.75 Å². The van der Waals surface area contributed by atoms with Crippen LogP contribution in [-0.4, -0.2) is 24.5 Å². The van der Waals surface area contributed by atoms with Crippen molar-refractivity contribution >= 4 is 57.1 Å². The Morgan fingerprint density at radius 1 is 1.16 bits per heavy atom. The molecular weight excluding hydrogens is 496 g/mol. The van der Waals surface area contributed by atoms with Gasteiger partial charge in [0.1, 0.15) is 17.9 Å². The zero-order valence-corrected chi connectivity index (χ0v) is 19.6. The minimum Gasteiger partial charge on any atom is -0.488 e. The quantitative estimate of drug-likeness (QED) is 0.306. The van der Waals surface area contributed by atoms with E-state index in [4.69, 9.17) is 16.3 Å². The number of benzene rings is 2. The molecule has 8 heteroatoms. The van der Waals surface area contributed by atoms with Gasteiger partial charge in [0, 0.05) is 5.02 Å². The highest BCUT2D eigenvalue weighted by atomic mass is 79.9. The fourth-order valence-electron chi connectivity index (χ4n) is 3.15. The molecule has 0 aromatic heterocycles. The Labute approximate surface area is 199 Å². The van der Waals surface area contributed by atoms with Crippen molar-refractivity contribution < 1.29 is 19.1 Å².